The first-order valence-electron chi connectivity index (χ1n) is 5.54. The number of hydrogen-bond acceptors (Lipinski definition) is 1. The average Bonchev–Trinajstić information content (AvgIpc) is 2.36. The van der Waals surface area contributed by atoms with Gasteiger partial charge in [-0.3, -0.25) is 0 Å². The molecule has 0 heterocycles. The first-order valence-corrected chi connectivity index (χ1v) is 5.54. The van der Waals surface area contributed by atoms with Crippen molar-refractivity contribution in [3.8, 4) is 11.8 Å². The van der Waals surface area contributed by atoms with E-state index in [1.54, 1.807) is 0 Å². The van der Waals surface area contributed by atoms with Crippen molar-refractivity contribution in [2.75, 3.05) is 0 Å². The summed E-state index contributed by atoms with van der Waals surface area (Å²) < 4.78 is 0. The Morgan fingerprint density at radius 3 is 2.29 bits per heavy atom. The summed E-state index contributed by atoms with van der Waals surface area (Å²) in [5.74, 6) is 6.60. The summed E-state index contributed by atoms with van der Waals surface area (Å²) in [5, 5.41) is 10.6. The molecule has 0 aromatic rings. The lowest BCUT2D eigenvalue weighted by molar-refractivity contribution is -0.0432. The fourth-order valence-electron chi connectivity index (χ4n) is 3.67. The first kappa shape index (κ1) is 10.1. The van der Waals surface area contributed by atoms with E-state index in [-0.39, 0.29) is 10.8 Å². The lowest BCUT2D eigenvalue weighted by Crippen LogP contribution is -2.46. The van der Waals surface area contributed by atoms with E-state index >= 15 is 0 Å². The van der Waals surface area contributed by atoms with Crippen molar-refractivity contribution in [3.63, 3.8) is 0 Å². The van der Waals surface area contributed by atoms with Crippen LogP contribution in [0.5, 0.6) is 0 Å². The van der Waals surface area contributed by atoms with Crippen molar-refractivity contribution in [2.24, 2.45) is 16.7 Å². The third kappa shape index (κ3) is 0.859. The van der Waals surface area contributed by atoms with Crippen LogP contribution in [0.2, 0.25) is 0 Å². The molecule has 0 aromatic carbocycles. The second kappa shape index (κ2) is 2.55. The highest BCUT2D eigenvalue weighted by Crippen LogP contribution is 2.69. The lowest BCUT2D eigenvalue weighted by atomic mass is 9.65. The second-order valence-electron chi connectivity index (χ2n) is 5.73. The molecule has 14 heavy (non-hydrogen) atoms. The quantitative estimate of drug-likeness (QED) is 0.585. The number of fused-ring (bicyclic) bond motifs is 2. The van der Waals surface area contributed by atoms with Crippen LogP contribution in [0.1, 0.15) is 47.0 Å². The average molecular weight is 192 g/mol. The van der Waals surface area contributed by atoms with Gasteiger partial charge in [0.1, 0.15) is 5.60 Å². The van der Waals surface area contributed by atoms with Gasteiger partial charge >= 0.3 is 0 Å². The zero-order chi connectivity index (χ0) is 10.6. The van der Waals surface area contributed by atoms with E-state index in [9.17, 15) is 5.11 Å². The smallest absolute Gasteiger partial charge is 0.131 e. The molecule has 1 nitrogen and oxygen atoms in total. The minimum atomic E-state index is -0.728. The topological polar surface area (TPSA) is 20.2 Å². The molecule has 3 atom stereocenters. The molecule has 2 fully saturated rings. The maximum Gasteiger partial charge on any atom is 0.131 e. The molecule has 1 heteroatoms. The van der Waals surface area contributed by atoms with Crippen LogP contribution in [-0.4, -0.2) is 10.7 Å². The van der Waals surface area contributed by atoms with Crippen LogP contribution in [0.15, 0.2) is 0 Å². The summed E-state index contributed by atoms with van der Waals surface area (Å²) in [7, 11) is 0. The molecule has 0 aliphatic heterocycles. The summed E-state index contributed by atoms with van der Waals surface area (Å²) in [4.78, 5) is 0. The third-order valence-electron chi connectivity index (χ3n) is 5.22. The Bertz CT molecular complexity index is 320. The highest BCUT2D eigenvalue weighted by Gasteiger charge is 2.68. The molecule has 0 spiro atoms. The molecule has 2 saturated carbocycles. The van der Waals surface area contributed by atoms with Gasteiger partial charge in [0, 0.05) is 5.41 Å². The van der Waals surface area contributed by atoms with Crippen molar-refractivity contribution in [3.05, 3.63) is 0 Å². The number of rotatable bonds is 0. The Balaban J connectivity index is 2.48. The Hall–Kier alpha value is -0.480. The molecule has 1 N–H and O–H groups in total. The molecule has 78 valence electrons. The molecule has 0 radical (unpaired) electrons. The SMILES string of the molecule is CC#CC1(O)CC2CCC1(C)C2(C)C. The second-order valence-corrected chi connectivity index (χ2v) is 5.73. The summed E-state index contributed by atoms with van der Waals surface area (Å²) in [5.41, 5.74) is -0.493. The van der Waals surface area contributed by atoms with Gasteiger partial charge in [0.05, 0.1) is 0 Å². The van der Waals surface area contributed by atoms with E-state index in [1.165, 1.54) is 6.42 Å². The standard InChI is InChI=1S/C13H20O/c1-5-7-13(14)9-10-6-8-12(13,4)11(10,2)3/h10,14H,6,8-9H2,1-4H3. The van der Waals surface area contributed by atoms with E-state index in [0.717, 1.165) is 12.8 Å². The van der Waals surface area contributed by atoms with Crippen molar-refractivity contribution in [1.29, 1.82) is 0 Å². The minimum Gasteiger partial charge on any atom is -0.377 e. The molecular formula is C13H20O. The molecular weight excluding hydrogens is 172 g/mol. The largest absolute Gasteiger partial charge is 0.377 e. The van der Waals surface area contributed by atoms with Gasteiger partial charge in [-0.1, -0.05) is 26.7 Å². The Morgan fingerprint density at radius 2 is 1.93 bits per heavy atom. The Labute approximate surface area is 86.9 Å². The lowest BCUT2D eigenvalue weighted by Gasteiger charge is -2.42. The van der Waals surface area contributed by atoms with Gasteiger partial charge in [0.25, 0.3) is 0 Å². The molecule has 0 amide bonds. The summed E-state index contributed by atoms with van der Waals surface area (Å²) in [6.45, 7) is 8.62. The van der Waals surface area contributed by atoms with Crippen LogP contribution < -0.4 is 0 Å². The predicted molar refractivity (Wildman–Crippen MR) is 57.6 cm³/mol. The van der Waals surface area contributed by atoms with Crippen molar-refractivity contribution in [1.82, 2.24) is 0 Å². The Morgan fingerprint density at radius 1 is 1.29 bits per heavy atom. The zero-order valence-electron chi connectivity index (χ0n) is 9.65. The van der Waals surface area contributed by atoms with Gasteiger partial charge in [-0.2, -0.15) is 0 Å². The first-order chi connectivity index (χ1) is 6.37. The van der Waals surface area contributed by atoms with Gasteiger partial charge in [0.15, 0.2) is 0 Å². The maximum atomic E-state index is 10.6. The molecule has 2 aliphatic rings. The van der Waals surface area contributed by atoms with Gasteiger partial charge in [-0.05, 0) is 37.5 Å². The highest BCUT2D eigenvalue weighted by molar-refractivity contribution is 5.29. The van der Waals surface area contributed by atoms with Crippen LogP contribution in [0.25, 0.3) is 0 Å². The molecule has 2 aliphatic carbocycles. The summed E-state index contributed by atoms with van der Waals surface area (Å²) >= 11 is 0. The molecule has 3 unspecified atom stereocenters. The fraction of sp³-hybridized carbons (Fsp3) is 0.846. The van der Waals surface area contributed by atoms with Gasteiger partial charge in [0.2, 0.25) is 0 Å². The van der Waals surface area contributed by atoms with Gasteiger partial charge in [-0.25, -0.2) is 0 Å². The van der Waals surface area contributed by atoms with E-state index in [4.69, 9.17) is 0 Å². The predicted octanol–water partition coefficient (Wildman–Crippen LogP) is 2.59. The van der Waals surface area contributed by atoms with Crippen LogP contribution >= 0.6 is 0 Å². The van der Waals surface area contributed by atoms with Gasteiger partial charge in [-0.15, -0.1) is 5.92 Å². The molecule has 0 aromatic heterocycles. The highest BCUT2D eigenvalue weighted by atomic mass is 16.3. The minimum absolute atomic E-state index is 0.00627. The van der Waals surface area contributed by atoms with Crippen LogP contribution in [0, 0.1) is 28.6 Å². The van der Waals surface area contributed by atoms with Crippen molar-refractivity contribution in [2.45, 2.75) is 52.6 Å². The molecule has 2 bridgehead atoms. The molecule has 0 saturated heterocycles. The van der Waals surface area contributed by atoms with E-state index in [0.29, 0.717) is 5.92 Å². The van der Waals surface area contributed by atoms with E-state index in [1.807, 2.05) is 6.92 Å². The summed E-state index contributed by atoms with van der Waals surface area (Å²) in [6, 6.07) is 0. The number of aliphatic hydroxyl groups is 1. The fourth-order valence-corrected chi connectivity index (χ4v) is 3.67. The van der Waals surface area contributed by atoms with Gasteiger partial charge < -0.3 is 5.11 Å². The van der Waals surface area contributed by atoms with Crippen LogP contribution in [-0.2, 0) is 0 Å². The zero-order valence-corrected chi connectivity index (χ0v) is 9.65. The third-order valence-corrected chi connectivity index (χ3v) is 5.22. The van der Waals surface area contributed by atoms with Crippen molar-refractivity contribution < 1.29 is 5.11 Å². The summed E-state index contributed by atoms with van der Waals surface area (Å²) in [6.07, 6.45) is 3.25. The van der Waals surface area contributed by atoms with E-state index < -0.39 is 5.60 Å². The van der Waals surface area contributed by atoms with E-state index in [2.05, 4.69) is 32.6 Å². The Kier molecular flexibility index (Phi) is 1.83. The molecule has 2 rings (SSSR count). The monoisotopic (exact) mass is 192 g/mol. The van der Waals surface area contributed by atoms with Crippen molar-refractivity contribution >= 4 is 0 Å². The van der Waals surface area contributed by atoms with Crippen LogP contribution in [0.4, 0.5) is 0 Å². The normalized spacial score (nSPS) is 48.8. The number of hydrogen-bond donors (Lipinski definition) is 1. The van der Waals surface area contributed by atoms with Crippen LogP contribution in [0.3, 0.4) is 0 Å². The maximum absolute atomic E-state index is 10.6.